The van der Waals surface area contributed by atoms with E-state index in [0.29, 0.717) is 38.3 Å². The molecule has 0 bridgehead atoms. The fourth-order valence-electron chi connectivity index (χ4n) is 2.52. The molecule has 0 unspecified atom stereocenters. The lowest BCUT2D eigenvalue weighted by Crippen LogP contribution is -2.52. The van der Waals surface area contributed by atoms with Gasteiger partial charge in [-0.1, -0.05) is 0 Å². The first-order valence-electron chi connectivity index (χ1n) is 6.96. The van der Waals surface area contributed by atoms with Gasteiger partial charge in [-0.15, -0.1) is 0 Å². The van der Waals surface area contributed by atoms with Crippen LogP contribution < -0.4 is 11.1 Å². The van der Waals surface area contributed by atoms with Crippen molar-refractivity contribution in [2.45, 2.75) is 19.4 Å². The number of nitrogens with two attached hydrogens (primary N) is 1. The molecule has 1 aromatic heterocycles. The summed E-state index contributed by atoms with van der Waals surface area (Å²) in [6, 6.07) is 0. The Morgan fingerprint density at radius 2 is 2.19 bits per heavy atom. The van der Waals surface area contributed by atoms with E-state index in [4.69, 9.17) is 5.73 Å². The third kappa shape index (κ3) is 3.40. The minimum atomic E-state index is -0.835. The van der Waals surface area contributed by atoms with Crippen molar-refractivity contribution in [3.05, 3.63) is 18.2 Å². The second kappa shape index (κ2) is 6.68. The third-order valence-corrected chi connectivity index (χ3v) is 4.00. The first kappa shape index (κ1) is 15.5. The normalized spacial score (nSPS) is 17.5. The molecule has 2 heterocycles. The molecule has 8 heteroatoms. The Bertz CT molecular complexity index is 480. The van der Waals surface area contributed by atoms with Crippen molar-refractivity contribution in [2.75, 3.05) is 26.2 Å². The summed E-state index contributed by atoms with van der Waals surface area (Å²) in [5.41, 5.74) is 4.50. The van der Waals surface area contributed by atoms with Crippen LogP contribution >= 0.6 is 0 Å². The van der Waals surface area contributed by atoms with Crippen LogP contribution in [0, 0.1) is 5.41 Å². The van der Waals surface area contributed by atoms with Crippen molar-refractivity contribution < 1.29 is 14.7 Å². The zero-order chi connectivity index (χ0) is 15.3. The van der Waals surface area contributed by atoms with Gasteiger partial charge in [-0.05, 0) is 12.8 Å². The highest BCUT2D eigenvalue weighted by molar-refractivity contribution is 5.83. The number of imidazole rings is 1. The van der Waals surface area contributed by atoms with E-state index in [1.807, 2.05) is 0 Å². The molecule has 1 aromatic rings. The van der Waals surface area contributed by atoms with Gasteiger partial charge in [-0.3, -0.25) is 9.59 Å². The average molecular weight is 295 g/mol. The van der Waals surface area contributed by atoms with Gasteiger partial charge >= 0.3 is 0 Å². The molecule has 1 aliphatic heterocycles. The second-order valence-corrected chi connectivity index (χ2v) is 5.24. The summed E-state index contributed by atoms with van der Waals surface area (Å²) in [6.45, 7) is 0.896. The van der Waals surface area contributed by atoms with Crippen molar-refractivity contribution in [1.82, 2.24) is 20.2 Å². The molecule has 1 fully saturated rings. The number of nitrogens with zero attached hydrogens (tertiary/aromatic N) is 2. The highest BCUT2D eigenvalue weighted by Crippen LogP contribution is 2.31. The van der Waals surface area contributed by atoms with Crippen LogP contribution in [0.25, 0.3) is 0 Å². The van der Waals surface area contributed by atoms with Gasteiger partial charge in [0.15, 0.2) is 0 Å². The Morgan fingerprint density at radius 1 is 1.48 bits per heavy atom. The molecular formula is C13H21N5O3. The molecule has 0 saturated carbocycles. The summed E-state index contributed by atoms with van der Waals surface area (Å²) < 4.78 is 0. The van der Waals surface area contributed by atoms with Gasteiger partial charge in [0.1, 0.15) is 5.82 Å². The van der Waals surface area contributed by atoms with Gasteiger partial charge in [0, 0.05) is 25.5 Å². The highest BCUT2D eigenvalue weighted by Gasteiger charge is 2.41. The summed E-state index contributed by atoms with van der Waals surface area (Å²) in [4.78, 5) is 32.5. The number of hydrogen-bond donors (Lipinski definition) is 4. The predicted molar refractivity (Wildman–Crippen MR) is 74.8 cm³/mol. The number of aromatic amines is 1. The van der Waals surface area contributed by atoms with Crippen LogP contribution in [0.3, 0.4) is 0 Å². The van der Waals surface area contributed by atoms with Gasteiger partial charge in [-0.2, -0.15) is 0 Å². The first-order chi connectivity index (χ1) is 10.1. The molecule has 5 N–H and O–H groups in total. The van der Waals surface area contributed by atoms with Crippen molar-refractivity contribution in [3.63, 3.8) is 0 Å². The summed E-state index contributed by atoms with van der Waals surface area (Å²) in [5.74, 6) is 0.325. The van der Waals surface area contributed by atoms with Gasteiger partial charge < -0.3 is 26.0 Å². The van der Waals surface area contributed by atoms with Crippen molar-refractivity contribution in [3.8, 4) is 0 Å². The van der Waals surface area contributed by atoms with Crippen molar-refractivity contribution >= 4 is 11.8 Å². The number of aliphatic hydroxyl groups is 1. The lowest BCUT2D eigenvalue weighted by molar-refractivity contribution is -0.142. The Hall–Kier alpha value is -1.93. The minimum absolute atomic E-state index is 0.0309. The number of piperidine rings is 1. The smallest absolute Gasteiger partial charge is 0.236 e. The molecular weight excluding hydrogens is 274 g/mol. The van der Waals surface area contributed by atoms with Gasteiger partial charge in [0.05, 0.1) is 25.1 Å². The van der Waals surface area contributed by atoms with Crippen LogP contribution in [0.2, 0.25) is 0 Å². The molecule has 21 heavy (non-hydrogen) atoms. The van der Waals surface area contributed by atoms with Crippen LogP contribution in [0.15, 0.2) is 12.4 Å². The molecule has 116 valence electrons. The maximum Gasteiger partial charge on any atom is 0.236 e. The maximum absolute atomic E-state index is 12.4. The Balaban J connectivity index is 1.92. The monoisotopic (exact) mass is 295 g/mol. The molecule has 2 amide bonds. The number of likely N-dealkylation sites (tertiary alicyclic amines) is 1. The number of aliphatic hydroxyl groups excluding tert-OH is 1. The number of carbonyl (C=O) groups is 2. The van der Waals surface area contributed by atoms with Crippen LogP contribution in [-0.4, -0.2) is 58.0 Å². The fraction of sp³-hybridized carbons (Fsp3) is 0.615. The van der Waals surface area contributed by atoms with E-state index in [1.54, 1.807) is 17.3 Å². The van der Waals surface area contributed by atoms with E-state index in [1.165, 1.54) is 0 Å². The SMILES string of the molecule is NCC(=O)N1CCC(CO)(C(=O)NCc2ncc[nH]2)CC1. The Morgan fingerprint density at radius 3 is 2.71 bits per heavy atom. The molecule has 1 saturated heterocycles. The largest absolute Gasteiger partial charge is 0.395 e. The van der Waals surface area contributed by atoms with Crippen LogP contribution in [0.1, 0.15) is 18.7 Å². The number of amides is 2. The number of H-pyrrole nitrogens is 1. The van der Waals surface area contributed by atoms with E-state index < -0.39 is 5.41 Å². The summed E-state index contributed by atoms with van der Waals surface area (Å²) >= 11 is 0. The summed E-state index contributed by atoms with van der Waals surface area (Å²) in [5, 5.41) is 12.4. The van der Waals surface area contributed by atoms with Crippen LogP contribution in [-0.2, 0) is 16.1 Å². The van der Waals surface area contributed by atoms with Crippen molar-refractivity contribution in [1.29, 1.82) is 0 Å². The maximum atomic E-state index is 12.4. The fourth-order valence-corrected chi connectivity index (χ4v) is 2.52. The lowest BCUT2D eigenvalue weighted by Gasteiger charge is -2.39. The number of nitrogens with one attached hydrogen (secondary N) is 2. The van der Waals surface area contributed by atoms with E-state index in [2.05, 4.69) is 15.3 Å². The van der Waals surface area contributed by atoms with E-state index in [-0.39, 0.29) is 25.0 Å². The zero-order valence-corrected chi connectivity index (χ0v) is 11.8. The average Bonchev–Trinajstić information content (AvgIpc) is 3.05. The summed E-state index contributed by atoms with van der Waals surface area (Å²) in [7, 11) is 0. The number of rotatable bonds is 5. The molecule has 0 atom stereocenters. The highest BCUT2D eigenvalue weighted by atomic mass is 16.3. The topological polar surface area (TPSA) is 124 Å². The number of carbonyl (C=O) groups excluding carboxylic acids is 2. The first-order valence-corrected chi connectivity index (χ1v) is 6.96. The quantitative estimate of drug-likeness (QED) is 0.531. The zero-order valence-electron chi connectivity index (χ0n) is 11.8. The number of hydrogen-bond acceptors (Lipinski definition) is 5. The van der Waals surface area contributed by atoms with Gasteiger partial charge in [0.2, 0.25) is 11.8 Å². The molecule has 0 radical (unpaired) electrons. The van der Waals surface area contributed by atoms with Crippen molar-refractivity contribution in [2.24, 2.45) is 11.1 Å². The molecule has 2 rings (SSSR count). The summed E-state index contributed by atoms with van der Waals surface area (Å²) in [6.07, 6.45) is 4.15. The standard InChI is InChI=1S/C13H21N5O3/c14-7-11(20)18-5-1-13(9-19,2-6-18)12(21)17-8-10-15-3-4-16-10/h3-4,19H,1-2,5-9,14H2,(H,15,16)(H,17,21). The molecule has 0 aromatic carbocycles. The van der Waals surface area contributed by atoms with E-state index in [9.17, 15) is 14.7 Å². The van der Waals surface area contributed by atoms with Crippen LogP contribution in [0.4, 0.5) is 0 Å². The molecule has 8 nitrogen and oxygen atoms in total. The Labute approximate surface area is 122 Å². The Kier molecular flexibility index (Phi) is 4.92. The molecule has 0 aliphatic carbocycles. The van der Waals surface area contributed by atoms with Gasteiger partial charge in [0.25, 0.3) is 0 Å². The molecule has 1 aliphatic rings. The van der Waals surface area contributed by atoms with Crippen LogP contribution in [0.5, 0.6) is 0 Å². The van der Waals surface area contributed by atoms with E-state index >= 15 is 0 Å². The second-order valence-electron chi connectivity index (χ2n) is 5.24. The van der Waals surface area contributed by atoms with Gasteiger partial charge in [-0.25, -0.2) is 4.98 Å². The lowest BCUT2D eigenvalue weighted by atomic mass is 9.78. The molecule has 0 spiro atoms. The van der Waals surface area contributed by atoms with E-state index in [0.717, 1.165) is 0 Å². The number of aromatic nitrogens is 2. The third-order valence-electron chi connectivity index (χ3n) is 4.00. The predicted octanol–water partition coefficient (Wildman–Crippen LogP) is -1.41. The minimum Gasteiger partial charge on any atom is -0.395 e.